The Morgan fingerprint density at radius 1 is 1.32 bits per heavy atom. The zero-order valence-electron chi connectivity index (χ0n) is 9.41. The monoisotopic (exact) mass is 275 g/mol. The molecule has 0 bridgehead atoms. The molecule has 0 aliphatic heterocycles. The first-order valence-corrected chi connectivity index (χ1v) is 5.45. The number of pyridine rings is 1. The van der Waals surface area contributed by atoms with E-state index in [1.165, 1.54) is 36.7 Å². The molecule has 6 nitrogen and oxygen atoms in total. The maximum atomic E-state index is 10.8. The SMILES string of the molecule is N#Cc1ccc(Oc2cncc(Cl)c2)cc1[N+](=O)[O-]. The second-order valence-electron chi connectivity index (χ2n) is 3.49. The number of nitro groups is 1. The van der Waals surface area contributed by atoms with Gasteiger partial charge in [0.25, 0.3) is 5.69 Å². The van der Waals surface area contributed by atoms with Crippen LogP contribution in [0.5, 0.6) is 11.5 Å². The Kier molecular flexibility index (Phi) is 3.59. The number of aromatic nitrogens is 1. The summed E-state index contributed by atoms with van der Waals surface area (Å²) in [6, 6.07) is 7.24. The molecule has 0 radical (unpaired) electrons. The maximum absolute atomic E-state index is 10.8. The van der Waals surface area contributed by atoms with Gasteiger partial charge in [0, 0.05) is 12.3 Å². The highest BCUT2D eigenvalue weighted by molar-refractivity contribution is 6.30. The molecule has 0 atom stereocenters. The molecule has 0 unspecified atom stereocenters. The molecule has 0 spiro atoms. The fraction of sp³-hybridized carbons (Fsp3) is 0. The van der Waals surface area contributed by atoms with Crippen molar-refractivity contribution in [3.8, 4) is 17.6 Å². The minimum absolute atomic E-state index is 0.0263. The summed E-state index contributed by atoms with van der Waals surface area (Å²) in [7, 11) is 0. The molecule has 19 heavy (non-hydrogen) atoms. The number of ether oxygens (including phenoxy) is 1. The van der Waals surface area contributed by atoms with E-state index in [9.17, 15) is 10.1 Å². The molecule has 1 aromatic heterocycles. The van der Waals surface area contributed by atoms with Crippen molar-refractivity contribution in [3.63, 3.8) is 0 Å². The van der Waals surface area contributed by atoms with Crippen LogP contribution in [0.3, 0.4) is 0 Å². The first kappa shape index (κ1) is 12.8. The molecule has 0 aliphatic rings. The Morgan fingerprint density at radius 2 is 2.11 bits per heavy atom. The van der Waals surface area contributed by atoms with Gasteiger partial charge in [-0.05, 0) is 12.1 Å². The van der Waals surface area contributed by atoms with Gasteiger partial charge in [-0.3, -0.25) is 15.1 Å². The minimum Gasteiger partial charge on any atom is -0.455 e. The van der Waals surface area contributed by atoms with E-state index in [4.69, 9.17) is 21.6 Å². The summed E-state index contributed by atoms with van der Waals surface area (Å²) in [6.45, 7) is 0. The summed E-state index contributed by atoms with van der Waals surface area (Å²) in [5.41, 5.74) is -0.337. The molecule has 0 saturated carbocycles. The van der Waals surface area contributed by atoms with Crippen molar-refractivity contribution >= 4 is 17.3 Å². The lowest BCUT2D eigenvalue weighted by molar-refractivity contribution is -0.385. The van der Waals surface area contributed by atoms with Crippen molar-refractivity contribution in [2.24, 2.45) is 0 Å². The second-order valence-corrected chi connectivity index (χ2v) is 3.93. The van der Waals surface area contributed by atoms with Gasteiger partial charge in [0.2, 0.25) is 0 Å². The van der Waals surface area contributed by atoms with E-state index in [-0.39, 0.29) is 17.0 Å². The lowest BCUT2D eigenvalue weighted by atomic mass is 10.2. The topological polar surface area (TPSA) is 89.0 Å². The standard InChI is InChI=1S/C12H6ClN3O3/c13-9-3-11(7-15-6-9)19-10-2-1-8(5-14)12(4-10)16(17)18/h1-4,6-7H. The van der Waals surface area contributed by atoms with Crippen molar-refractivity contribution in [3.05, 3.63) is 57.4 Å². The Hall–Kier alpha value is -2.65. The lowest BCUT2D eigenvalue weighted by Crippen LogP contribution is -1.93. The van der Waals surface area contributed by atoms with Crippen LogP contribution in [-0.2, 0) is 0 Å². The maximum Gasteiger partial charge on any atom is 0.290 e. The quantitative estimate of drug-likeness (QED) is 0.633. The molecule has 1 aromatic carbocycles. The smallest absolute Gasteiger partial charge is 0.290 e. The highest BCUT2D eigenvalue weighted by Crippen LogP contribution is 2.28. The van der Waals surface area contributed by atoms with Crippen LogP contribution >= 0.6 is 11.6 Å². The molecule has 2 aromatic rings. The highest BCUT2D eigenvalue weighted by Gasteiger charge is 2.15. The number of rotatable bonds is 3. The number of hydrogen-bond donors (Lipinski definition) is 0. The van der Waals surface area contributed by atoms with E-state index >= 15 is 0 Å². The normalized spacial score (nSPS) is 9.68. The fourth-order valence-electron chi connectivity index (χ4n) is 1.40. The molecule has 7 heteroatoms. The number of nitro benzene ring substituents is 1. The van der Waals surface area contributed by atoms with Crippen LogP contribution in [0.2, 0.25) is 5.02 Å². The molecule has 0 N–H and O–H groups in total. The summed E-state index contributed by atoms with van der Waals surface area (Å²) in [6.07, 6.45) is 2.87. The Labute approximate surface area is 113 Å². The second kappa shape index (κ2) is 5.33. The van der Waals surface area contributed by atoms with Gasteiger partial charge in [0.15, 0.2) is 0 Å². The van der Waals surface area contributed by atoms with Crippen LogP contribution < -0.4 is 4.74 Å². The number of benzene rings is 1. The number of nitriles is 1. The summed E-state index contributed by atoms with van der Waals surface area (Å²) in [4.78, 5) is 14.0. The Bertz CT molecular complexity index is 682. The predicted molar refractivity (Wildman–Crippen MR) is 67.1 cm³/mol. The molecule has 0 fully saturated rings. The van der Waals surface area contributed by atoms with Crippen molar-refractivity contribution in [1.29, 1.82) is 5.26 Å². The van der Waals surface area contributed by atoms with E-state index in [0.717, 1.165) is 0 Å². The molecule has 0 amide bonds. The number of nitrogens with zero attached hydrogens (tertiary/aromatic N) is 3. The van der Waals surface area contributed by atoms with Crippen LogP contribution in [0.15, 0.2) is 36.7 Å². The lowest BCUT2D eigenvalue weighted by Gasteiger charge is -2.05. The van der Waals surface area contributed by atoms with Crippen LogP contribution in [0.1, 0.15) is 5.56 Å². The third kappa shape index (κ3) is 2.97. The molecule has 0 saturated heterocycles. The van der Waals surface area contributed by atoms with Crippen molar-refractivity contribution in [1.82, 2.24) is 4.98 Å². The van der Waals surface area contributed by atoms with Gasteiger partial charge in [-0.15, -0.1) is 0 Å². The number of hydrogen-bond acceptors (Lipinski definition) is 5. The zero-order chi connectivity index (χ0) is 13.8. The number of halogens is 1. The van der Waals surface area contributed by atoms with Gasteiger partial charge in [-0.25, -0.2) is 0 Å². The highest BCUT2D eigenvalue weighted by atomic mass is 35.5. The van der Waals surface area contributed by atoms with Crippen LogP contribution in [0.25, 0.3) is 0 Å². The molecule has 0 aliphatic carbocycles. The van der Waals surface area contributed by atoms with E-state index in [0.29, 0.717) is 10.8 Å². The van der Waals surface area contributed by atoms with Gasteiger partial charge in [-0.2, -0.15) is 5.26 Å². The first-order chi connectivity index (χ1) is 9.10. The van der Waals surface area contributed by atoms with Crippen LogP contribution in [-0.4, -0.2) is 9.91 Å². The van der Waals surface area contributed by atoms with E-state index in [1.54, 1.807) is 6.07 Å². The summed E-state index contributed by atoms with van der Waals surface area (Å²) < 4.78 is 5.39. The van der Waals surface area contributed by atoms with E-state index in [2.05, 4.69) is 4.98 Å². The van der Waals surface area contributed by atoms with Gasteiger partial charge < -0.3 is 4.74 Å². The van der Waals surface area contributed by atoms with Crippen LogP contribution in [0.4, 0.5) is 5.69 Å². The Morgan fingerprint density at radius 3 is 2.74 bits per heavy atom. The average Bonchev–Trinajstić information content (AvgIpc) is 2.38. The molecule has 1 heterocycles. The van der Waals surface area contributed by atoms with Gasteiger partial charge in [-0.1, -0.05) is 11.6 Å². The van der Waals surface area contributed by atoms with Crippen molar-refractivity contribution in [2.45, 2.75) is 0 Å². The molecule has 2 rings (SSSR count). The summed E-state index contributed by atoms with van der Waals surface area (Å²) in [5, 5.41) is 20.0. The summed E-state index contributed by atoms with van der Waals surface area (Å²) >= 11 is 5.75. The van der Waals surface area contributed by atoms with E-state index < -0.39 is 4.92 Å². The molecule has 94 valence electrons. The Balaban J connectivity index is 2.34. The zero-order valence-corrected chi connectivity index (χ0v) is 10.2. The largest absolute Gasteiger partial charge is 0.455 e. The third-order valence-electron chi connectivity index (χ3n) is 2.20. The van der Waals surface area contributed by atoms with Crippen LogP contribution in [0, 0.1) is 21.4 Å². The minimum atomic E-state index is -0.637. The van der Waals surface area contributed by atoms with Crippen molar-refractivity contribution < 1.29 is 9.66 Å². The van der Waals surface area contributed by atoms with Gasteiger partial charge >= 0.3 is 0 Å². The predicted octanol–water partition coefficient (Wildman–Crippen LogP) is 3.31. The van der Waals surface area contributed by atoms with Gasteiger partial charge in [0.1, 0.15) is 23.1 Å². The first-order valence-electron chi connectivity index (χ1n) is 5.07. The average molecular weight is 276 g/mol. The summed E-state index contributed by atoms with van der Waals surface area (Å²) in [5.74, 6) is 0.585. The molecular formula is C12H6ClN3O3. The third-order valence-corrected chi connectivity index (χ3v) is 2.41. The molecular weight excluding hydrogens is 270 g/mol. The van der Waals surface area contributed by atoms with Gasteiger partial charge in [0.05, 0.1) is 22.2 Å². The van der Waals surface area contributed by atoms with Crippen molar-refractivity contribution in [2.75, 3.05) is 0 Å². The fourth-order valence-corrected chi connectivity index (χ4v) is 1.57. The van der Waals surface area contributed by atoms with E-state index in [1.807, 2.05) is 0 Å².